The van der Waals surface area contributed by atoms with E-state index in [0.717, 1.165) is 16.2 Å². The zero-order chi connectivity index (χ0) is 27.0. The molecule has 38 heavy (non-hydrogen) atoms. The maximum absolute atomic E-state index is 12.9. The number of aromatic nitrogens is 2. The summed E-state index contributed by atoms with van der Waals surface area (Å²) in [6, 6.07) is 3.88. The Hall–Kier alpha value is -3.73. The van der Waals surface area contributed by atoms with Crippen LogP contribution in [0.5, 0.6) is 0 Å². The summed E-state index contributed by atoms with van der Waals surface area (Å²) in [6.07, 6.45) is 3.20. The van der Waals surface area contributed by atoms with Gasteiger partial charge >= 0.3 is 5.97 Å². The number of nitrogens with one attached hydrogen (secondary N) is 1. The number of aliphatic carboxylic acids is 1. The van der Waals surface area contributed by atoms with Gasteiger partial charge in [0, 0.05) is 23.4 Å². The van der Waals surface area contributed by atoms with Gasteiger partial charge in [0.05, 0.1) is 9.60 Å². The van der Waals surface area contributed by atoms with Crippen LogP contribution < -0.4 is 16.5 Å². The Morgan fingerprint density at radius 1 is 1.34 bits per heavy atom. The molecule has 2 aliphatic rings. The molecule has 0 saturated carbocycles. The number of carbonyl (C=O) groups excluding carboxylic acids is 2. The lowest BCUT2D eigenvalue weighted by Gasteiger charge is -2.49. The van der Waals surface area contributed by atoms with Gasteiger partial charge in [-0.25, -0.2) is 14.8 Å². The minimum atomic E-state index is -1.28. The molecule has 0 aliphatic carbocycles. The van der Waals surface area contributed by atoms with Crippen molar-refractivity contribution >= 4 is 85.0 Å². The van der Waals surface area contributed by atoms with E-state index >= 15 is 0 Å². The van der Waals surface area contributed by atoms with Gasteiger partial charge in [0.15, 0.2) is 16.3 Å². The van der Waals surface area contributed by atoms with Crippen molar-refractivity contribution in [3.05, 3.63) is 68.4 Å². The van der Waals surface area contributed by atoms with Crippen LogP contribution in [-0.4, -0.2) is 65.8 Å². The second-order valence-corrected chi connectivity index (χ2v) is 12.0. The lowest BCUT2D eigenvalue weighted by molar-refractivity contribution is -0.150. The number of β-lactam (4-membered cyclic amide) rings is 1. The number of carbonyl (C=O) groups is 3. The number of thiazole rings is 1. The first-order valence-corrected chi connectivity index (χ1v) is 14.3. The normalized spacial score (nSPS) is 19.5. The van der Waals surface area contributed by atoms with E-state index in [-0.39, 0.29) is 27.7 Å². The van der Waals surface area contributed by atoms with Gasteiger partial charge in [-0.15, -0.1) is 34.4 Å². The van der Waals surface area contributed by atoms with E-state index in [9.17, 15) is 29.5 Å². The second kappa shape index (κ2) is 10.6. The molecule has 1 saturated heterocycles. The van der Waals surface area contributed by atoms with Crippen molar-refractivity contribution in [1.29, 1.82) is 0 Å². The van der Waals surface area contributed by atoms with Crippen molar-refractivity contribution in [3.63, 3.8) is 0 Å². The third-order valence-corrected chi connectivity index (χ3v) is 9.48. The number of nitrogen functional groups attached to an aromatic ring is 1. The first kappa shape index (κ1) is 25.9. The molecule has 2 aliphatic heterocycles. The van der Waals surface area contributed by atoms with E-state index < -0.39 is 34.9 Å². The van der Waals surface area contributed by atoms with Crippen LogP contribution in [0.4, 0.5) is 5.13 Å². The fraction of sp³-hybridized carbons (Fsp3) is 0.136. The number of carboxylic acid groups (broad SMARTS) is 1. The summed E-state index contributed by atoms with van der Waals surface area (Å²) in [4.78, 5) is 59.8. The fourth-order valence-corrected chi connectivity index (χ4v) is 7.55. The summed E-state index contributed by atoms with van der Waals surface area (Å²) in [6.45, 7) is 0. The van der Waals surface area contributed by atoms with Crippen molar-refractivity contribution in [1.82, 2.24) is 20.2 Å². The van der Waals surface area contributed by atoms with E-state index in [1.54, 1.807) is 29.8 Å². The Balaban J connectivity index is 1.31. The van der Waals surface area contributed by atoms with E-state index in [2.05, 4.69) is 20.4 Å². The number of allylic oxidation sites excluding steroid dienone is 1. The van der Waals surface area contributed by atoms with Crippen LogP contribution in [-0.2, 0) is 14.4 Å². The van der Waals surface area contributed by atoms with Crippen molar-refractivity contribution in [2.24, 2.45) is 5.16 Å². The second-order valence-electron chi connectivity index (χ2n) is 7.77. The number of oxime groups is 1. The van der Waals surface area contributed by atoms with Gasteiger partial charge in [0.2, 0.25) is 0 Å². The van der Waals surface area contributed by atoms with Gasteiger partial charge in [-0.05, 0) is 29.2 Å². The first-order valence-electron chi connectivity index (χ1n) is 10.7. The Bertz CT molecular complexity index is 1630. The minimum Gasteiger partial charge on any atom is -0.477 e. The zero-order valence-corrected chi connectivity index (χ0v) is 22.2. The molecule has 1 unspecified atom stereocenters. The number of pyridine rings is 1. The number of amides is 2. The molecular weight excluding hydrogens is 573 g/mol. The summed E-state index contributed by atoms with van der Waals surface area (Å²) in [7, 11) is 0. The molecule has 12 nitrogen and oxygen atoms in total. The molecule has 0 bridgehead atoms. The first-order chi connectivity index (χ1) is 18.3. The molecule has 16 heteroatoms. The number of anilines is 1. The highest BCUT2D eigenvalue weighted by Gasteiger charge is 2.54. The Kier molecular flexibility index (Phi) is 7.20. The van der Waals surface area contributed by atoms with Crippen LogP contribution in [0.3, 0.4) is 0 Å². The summed E-state index contributed by atoms with van der Waals surface area (Å²) < 4.78 is 0.683. The largest absolute Gasteiger partial charge is 0.477 e. The minimum absolute atomic E-state index is 0.0516. The number of nitrogens with two attached hydrogens (primary N) is 1. The summed E-state index contributed by atoms with van der Waals surface area (Å²) in [5, 5.41) is 27.7. The predicted octanol–water partition coefficient (Wildman–Crippen LogP) is 1.92. The average molecular weight is 589 g/mol. The molecule has 0 spiro atoms. The Labute approximate surface area is 230 Å². The van der Waals surface area contributed by atoms with E-state index in [1.807, 2.05) is 0 Å². The van der Waals surface area contributed by atoms with Crippen LogP contribution in [0, 0.1) is 0 Å². The Morgan fingerprint density at radius 2 is 2.16 bits per heavy atom. The van der Waals surface area contributed by atoms with Crippen LogP contribution in [0.25, 0.3) is 10.2 Å². The number of hydrogen-bond acceptors (Lipinski definition) is 13. The maximum atomic E-state index is 12.9. The van der Waals surface area contributed by atoms with Crippen LogP contribution in [0.1, 0.15) is 5.69 Å². The molecule has 0 radical (unpaired) electrons. The highest BCUT2D eigenvalue weighted by Crippen LogP contribution is 2.41. The van der Waals surface area contributed by atoms with Gasteiger partial charge in [0.1, 0.15) is 27.6 Å². The highest BCUT2D eigenvalue weighted by atomic mass is 32.2. The molecule has 5 N–H and O–H groups in total. The highest BCUT2D eigenvalue weighted by molar-refractivity contribution is 8.04. The fourth-order valence-electron chi connectivity index (χ4n) is 3.80. The van der Waals surface area contributed by atoms with Crippen molar-refractivity contribution < 1.29 is 24.7 Å². The molecule has 2 amide bonds. The summed E-state index contributed by atoms with van der Waals surface area (Å²) in [5.41, 5.74) is 5.27. The summed E-state index contributed by atoms with van der Waals surface area (Å²) in [5.74, 6) is -2.48. The zero-order valence-electron chi connectivity index (χ0n) is 18.9. The Morgan fingerprint density at radius 3 is 2.87 bits per heavy atom. The molecule has 5 heterocycles. The molecule has 0 aromatic carbocycles. The van der Waals surface area contributed by atoms with Gasteiger partial charge in [-0.2, -0.15) is 0 Å². The van der Waals surface area contributed by atoms with Crippen LogP contribution in [0.15, 0.2) is 66.7 Å². The molecule has 2 atom stereocenters. The van der Waals surface area contributed by atoms with E-state index in [0.29, 0.717) is 20.0 Å². The average Bonchev–Trinajstić information content (AvgIpc) is 3.32. The lowest BCUT2D eigenvalue weighted by atomic mass is 10.0. The maximum Gasteiger partial charge on any atom is 0.352 e. The van der Waals surface area contributed by atoms with Gasteiger partial charge < -0.3 is 21.4 Å². The topological polar surface area (TPSA) is 188 Å². The van der Waals surface area contributed by atoms with Crippen molar-refractivity contribution in [3.8, 4) is 0 Å². The van der Waals surface area contributed by atoms with Gasteiger partial charge in [-0.3, -0.25) is 19.3 Å². The van der Waals surface area contributed by atoms with Crippen molar-refractivity contribution in [2.45, 2.75) is 15.6 Å². The molecule has 1 fully saturated rings. The van der Waals surface area contributed by atoms with E-state index in [1.165, 1.54) is 46.3 Å². The molecule has 3 aromatic heterocycles. The quantitative estimate of drug-likeness (QED) is 0.104. The number of rotatable bonds is 7. The van der Waals surface area contributed by atoms with E-state index in [4.69, 9.17) is 5.73 Å². The number of nitrogens with zero attached hydrogens (tertiary/aromatic N) is 4. The molecule has 5 rings (SSSR count). The number of carboxylic acids is 1. The molecule has 194 valence electrons. The monoisotopic (exact) mass is 588 g/mol. The molecular formula is C22H16N6O6S4. The SMILES string of the molecule is Nc1nc(/C(=N\O)C(=O)NC2C(=O)N3C(C(=O)O)=C(/C=C/Sc4cc(=O)c5cccnc5s4)CS[C@H]23)cs1. The number of hydrogen-bond donors (Lipinski definition) is 4. The molecule has 3 aromatic rings. The standard InChI is InChI=1S/C22H16N6O6S4/c23-22-25-11(8-37-22)14(27-34)17(30)26-15-19(31)28-16(21(32)33)9(7-36-20(15)28)3-5-35-13-6-12(29)10-2-1-4-24-18(10)38-13/h1-6,8,15,20,34H,7H2,(H2,23,25)(H,26,30)(H,32,33)/b5-3+,27-14+/t15?,20-/m1/s1. The summed E-state index contributed by atoms with van der Waals surface area (Å²) >= 11 is 4.91. The number of thioether (sulfide) groups is 2. The van der Waals surface area contributed by atoms with Gasteiger partial charge in [-0.1, -0.05) is 16.9 Å². The third-order valence-electron chi connectivity index (χ3n) is 5.50. The van der Waals surface area contributed by atoms with Gasteiger partial charge in [0.25, 0.3) is 11.8 Å². The smallest absolute Gasteiger partial charge is 0.352 e. The van der Waals surface area contributed by atoms with Crippen LogP contribution >= 0.6 is 46.2 Å². The number of fused-ring (bicyclic) bond motifs is 2. The predicted molar refractivity (Wildman–Crippen MR) is 145 cm³/mol. The van der Waals surface area contributed by atoms with Crippen LogP contribution in [0.2, 0.25) is 0 Å². The van der Waals surface area contributed by atoms with Crippen molar-refractivity contribution in [2.75, 3.05) is 11.5 Å². The lowest BCUT2D eigenvalue weighted by Crippen LogP contribution is -2.71. The third kappa shape index (κ3) is 4.78.